The summed E-state index contributed by atoms with van der Waals surface area (Å²) in [4.78, 5) is 2.51. The molecule has 3 nitrogen and oxygen atoms in total. The zero-order valence-corrected chi connectivity index (χ0v) is 12.8. The van der Waals surface area contributed by atoms with Crippen molar-refractivity contribution in [1.29, 1.82) is 0 Å². The van der Waals surface area contributed by atoms with E-state index in [1.807, 2.05) is 0 Å². The number of nitrogens with zero attached hydrogens (tertiary/aromatic N) is 1. The van der Waals surface area contributed by atoms with E-state index in [0.717, 1.165) is 44.7 Å². The fraction of sp³-hybridized carbons (Fsp3) is 0.875. The molecule has 3 atom stereocenters. The van der Waals surface area contributed by atoms with Crippen LogP contribution in [0.4, 0.5) is 0 Å². The van der Waals surface area contributed by atoms with Crippen LogP contribution in [0.25, 0.3) is 0 Å². The first kappa shape index (κ1) is 15.0. The van der Waals surface area contributed by atoms with Gasteiger partial charge in [-0.1, -0.05) is 18.6 Å². The van der Waals surface area contributed by atoms with Gasteiger partial charge in [-0.2, -0.15) is 0 Å². The van der Waals surface area contributed by atoms with Crippen LogP contribution in [-0.2, 0) is 4.74 Å². The summed E-state index contributed by atoms with van der Waals surface area (Å²) >= 11 is 0. The number of rotatable bonds is 5. The highest BCUT2D eigenvalue weighted by atomic mass is 16.5. The molecule has 0 aromatic carbocycles. The summed E-state index contributed by atoms with van der Waals surface area (Å²) in [5.41, 5.74) is 1.58. The van der Waals surface area contributed by atoms with Crippen LogP contribution in [0.15, 0.2) is 11.6 Å². The fourth-order valence-corrected chi connectivity index (χ4v) is 3.45. The second kappa shape index (κ2) is 7.41. The van der Waals surface area contributed by atoms with Gasteiger partial charge in [0.05, 0.1) is 13.2 Å². The first-order valence-corrected chi connectivity index (χ1v) is 7.84. The Bertz CT molecular complexity index is 297. The van der Waals surface area contributed by atoms with Crippen molar-refractivity contribution < 1.29 is 4.74 Å². The standard InChI is InChI=1S/C16H30N2O/c1-13-8-14(2)10-16(9-13)11-17-15(3)12-18-4-6-19-7-5-18/h8,13,15-17H,4-7,9-12H2,1-3H3. The van der Waals surface area contributed by atoms with E-state index in [1.54, 1.807) is 5.57 Å². The SMILES string of the molecule is CC1=CC(C)CC(CNC(C)CN2CCOCC2)C1. The molecule has 110 valence electrons. The van der Waals surface area contributed by atoms with Crippen LogP contribution in [0.5, 0.6) is 0 Å². The lowest BCUT2D eigenvalue weighted by atomic mass is 9.83. The van der Waals surface area contributed by atoms with Crippen molar-refractivity contribution in [2.75, 3.05) is 39.4 Å². The third kappa shape index (κ3) is 5.25. The van der Waals surface area contributed by atoms with Gasteiger partial charge in [-0.15, -0.1) is 0 Å². The predicted molar refractivity (Wildman–Crippen MR) is 80.4 cm³/mol. The van der Waals surface area contributed by atoms with Gasteiger partial charge in [-0.05, 0) is 45.1 Å². The Kier molecular flexibility index (Phi) is 5.86. The number of hydrogen-bond donors (Lipinski definition) is 1. The van der Waals surface area contributed by atoms with Crippen LogP contribution in [0.1, 0.15) is 33.6 Å². The van der Waals surface area contributed by atoms with Gasteiger partial charge < -0.3 is 10.1 Å². The lowest BCUT2D eigenvalue weighted by Gasteiger charge is -2.31. The molecule has 2 rings (SSSR count). The molecule has 0 amide bonds. The Morgan fingerprint density at radius 2 is 2.16 bits per heavy atom. The molecular formula is C16H30N2O. The quantitative estimate of drug-likeness (QED) is 0.773. The predicted octanol–water partition coefficient (Wildman–Crippen LogP) is 2.29. The summed E-state index contributed by atoms with van der Waals surface area (Å²) in [5.74, 6) is 1.59. The first-order valence-electron chi connectivity index (χ1n) is 7.84. The van der Waals surface area contributed by atoms with Crippen molar-refractivity contribution in [3.05, 3.63) is 11.6 Å². The van der Waals surface area contributed by atoms with Crippen molar-refractivity contribution in [2.24, 2.45) is 11.8 Å². The van der Waals surface area contributed by atoms with E-state index >= 15 is 0 Å². The maximum absolute atomic E-state index is 5.39. The summed E-state index contributed by atoms with van der Waals surface area (Å²) < 4.78 is 5.39. The zero-order chi connectivity index (χ0) is 13.7. The largest absolute Gasteiger partial charge is 0.379 e. The lowest BCUT2D eigenvalue weighted by molar-refractivity contribution is 0.0342. The summed E-state index contributed by atoms with van der Waals surface area (Å²) in [6.07, 6.45) is 5.06. The Hall–Kier alpha value is -0.380. The van der Waals surface area contributed by atoms with Crippen LogP contribution in [0.3, 0.4) is 0 Å². The molecule has 3 heteroatoms. The van der Waals surface area contributed by atoms with Gasteiger partial charge in [-0.3, -0.25) is 4.90 Å². The number of allylic oxidation sites excluding steroid dienone is 2. The summed E-state index contributed by atoms with van der Waals surface area (Å²) in [6, 6.07) is 0.583. The lowest BCUT2D eigenvalue weighted by Crippen LogP contribution is -2.45. The third-order valence-corrected chi connectivity index (χ3v) is 4.28. The maximum Gasteiger partial charge on any atom is 0.0594 e. The molecule has 0 aromatic heterocycles. The Labute approximate surface area is 118 Å². The van der Waals surface area contributed by atoms with E-state index < -0.39 is 0 Å². The Balaban J connectivity index is 1.65. The summed E-state index contributed by atoms with van der Waals surface area (Å²) in [7, 11) is 0. The van der Waals surface area contributed by atoms with Gasteiger partial charge >= 0.3 is 0 Å². The van der Waals surface area contributed by atoms with Crippen molar-refractivity contribution in [3.63, 3.8) is 0 Å². The molecule has 0 aromatic rings. The fourth-order valence-electron chi connectivity index (χ4n) is 3.45. The highest BCUT2D eigenvalue weighted by molar-refractivity contribution is 5.06. The molecule has 0 spiro atoms. The molecule has 2 aliphatic rings. The van der Waals surface area contributed by atoms with E-state index in [4.69, 9.17) is 4.74 Å². The Morgan fingerprint density at radius 1 is 1.42 bits per heavy atom. The molecule has 1 heterocycles. The highest BCUT2D eigenvalue weighted by Gasteiger charge is 2.19. The highest BCUT2D eigenvalue weighted by Crippen LogP contribution is 2.27. The smallest absolute Gasteiger partial charge is 0.0594 e. The zero-order valence-electron chi connectivity index (χ0n) is 12.8. The average Bonchev–Trinajstić information content (AvgIpc) is 2.36. The molecule has 1 aliphatic heterocycles. The van der Waals surface area contributed by atoms with Crippen molar-refractivity contribution in [1.82, 2.24) is 10.2 Å². The number of hydrogen-bond acceptors (Lipinski definition) is 3. The van der Waals surface area contributed by atoms with Crippen LogP contribution in [-0.4, -0.2) is 50.3 Å². The number of ether oxygens (including phenoxy) is 1. The topological polar surface area (TPSA) is 24.5 Å². The van der Waals surface area contributed by atoms with Crippen molar-refractivity contribution in [3.8, 4) is 0 Å². The molecule has 1 aliphatic carbocycles. The molecule has 1 N–H and O–H groups in total. The van der Waals surface area contributed by atoms with Crippen LogP contribution in [0.2, 0.25) is 0 Å². The van der Waals surface area contributed by atoms with Crippen molar-refractivity contribution >= 4 is 0 Å². The second-order valence-electron chi connectivity index (χ2n) is 6.52. The van der Waals surface area contributed by atoms with Gasteiger partial charge in [0.25, 0.3) is 0 Å². The molecule has 3 unspecified atom stereocenters. The number of morpholine rings is 1. The molecule has 19 heavy (non-hydrogen) atoms. The molecule has 1 saturated heterocycles. The van der Waals surface area contributed by atoms with E-state index in [0.29, 0.717) is 6.04 Å². The first-order chi connectivity index (χ1) is 9.13. The van der Waals surface area contributed by atoms with E-state index in [-0.39, 0.29) is 0 Å². The van der Waals surface area contributed by atoms with Gasteiger partial charge in [0.2, 0.25) is 0 Å². The molecule has 0 saturated carbocycles. The van der Waals surface area contributed by atoms with E-state index in [9.17, 15) is 0 Å². The van der Waals surface area contributed by atoms with Gasteiger partial charge in [0, 0.05) is 25.7 Å². The minimum Gasteiger partial charge on any atom is -0.379 e. The van der Waals surface area contributed by atoms with Gasteiger partial charge in [0.15, 0.2) is 0 Å². The normalized spacial score (nSPS) is 31.0. The average molecular weight is 266 g/mol. The van der Waals surface area contributed by atoms with Crippen LogP contribution in [0, 0.1) is 11.8 Å². The van der Waals surface area contributed by atoms with E-state index in [2.05, 4.69) is 37.1 Å². The van der Waals surface area contributed by atoms with Crippen molar-refractivity contribution in [2.45, 2.75) is 39.7 Å². The molecule has 0 bridgehead atoms. The molecule has 1 fully saturated rings. The van der Waals surface area contributed by atoms with Crippen LogP contribution < -0.4 is 5.32 Å². The van der Waals surface area contributed by atoms with E-state index in [1.165, 1.54) is 19.4 Å². The van der Waals surface area contributed by atoms with Gasteiger partial charge in [-0.25, -0.2) is 0 Å². The maximum atomic E-state index is 5.39. The molecule has 0 radical (unpaired) electrons. The molecular weight excluding hydrogens is 236 g/mol. The summed E-state index contributed by atoms with van der Waals surface area (Å²) in [6.45, 7) is 13.2. The number of nitrogens with one attached hydrogen (secondary N) is 1. The third-order valence-electron chi connectivity index (χ3n) is 4.28. The monoisotopic (exact) mass is 266 g/mol. The minimum absolute atomic E-state index is 0.583. The minimum atomic E-state index is 0.583. The van der Waals surface area contributed by atoms with Gasteiger partial charge in [0.1, 0.15) is 0 Å². The summed E-state index contributed by atoms with van der Waals surface area (Å²) in [5, 5.41) is 3.73. The second-order valence-corrected chi connectivity index (χ2v) is 6.52. The van der Waals surface area contributed by atoms with Crippen LogP contribution >= 0.6 is 0 Å². The Morgan fingerprint density at radius 3 is 2.84 bits per heavy atom.